The third-order valence-corrected chi connectivity index (χ3v) is 6.95. The molecule has 1 N–H and O–H groups in total. The van der Waals surface area contributed by atoms with Gasteiger partial charge in [0.2, 0.25) is 11.9 Å². The van der Waals surface area contributed by atoms with E-state index in [1.165, 1.54) is 19.5 Å². The van der Waals surface area contributed by atoms with Crippen molar-refractivity contribution in [3.8, 4) is 5.75 Å². The van der Waals surface area contributed by atoms with E-state index in [0.717, 1.165) is 43.0 Å². The lowest BCUT2D eigenvalue weighted by Gasteiger charge is -2.23. The molecule has 1 aliphatic heterocycles. The predicted molar refractivity (Wildman–Crippen MR) is 141 cm³/mol. The molecular weight excluding hydrogens is 474 g/mol. The van der Waals surface area contributed by atoms with Gasteiger partial charge in [0.1, 0.15) is 17.8 Å². The van der Waals surface area contributed by atoms with Gasteiger partial charge in [-0.3, -0.25) is 15.1 Å². The van der Waals surface area contributed by atoms with Crippen LogP contribution in [0.4, 0.5) is 34.6 Å². The summed E-state index contributed by atoms with van der Waals surface area (Å²) < 4.78 is 5.58. The first kappa shape index (κ1) is 24.6. The number of nitro benzene ring substituents is 1. The molecule has 0 bridgehead atoms. The zero-order valence-corrected chi connectivity index (χ0v) is 21.7. The predicted octanol–water partition coefficient (Wildman–Crippen LogP) is 3.42. The highest BCUT2D eigenvalue weighted by Gasteiger charge is 2.54. The maximum atomic E-state index is 12.0. The molecule has 37 heavy (non-hydrogen) atoms. The van der Waals surface area contributed by atoms with Crippen LogP contribution in [0.5, 0.6) is 5.75 Å². The molecule has 12 heteroatoms. The van der Waals surface area contributed by atoms with Gasteiger partial charge in [-0.15, -0.1) is 0 Å². The molecular formula is C25H31N9O3. The Balaban J connectivity index is 1.45. The lowest BCUT2D eigenvalue weighted by atomic mass is 10.0. The number of likely N-dealkylation sites (N-methyl/N-ethyl adjacent to an activating group) is 2. The Kier molecular flexibility index (Phi) is 6.28. The van der Waals surface area contributed by atoms with Crippen LogP contribution in [0.25, 0.3) is 0 Å². The molecule has 0 atom stereocenters. The molecule has 1 aromatic carbocycles. The summed E-state index contributed by atoms with van der Waals surface area (Å²) in [5.41, 5.74) is 4.01. The highest BCUT2D eigenvalue weighted by atomic mass is 16.6. The van der Waals surface area contributed by atoms with Crippen LogP contribution in [-0.2, 0) is 5.41 Å². The summed E-state index contributed by atoms with van der Waals surface area (Å²) in [5, 5.41) is 15.1. The standard InChI is InChI=1S/C25H31N9O3/c1-16-6-7-18-22(28-16)25(8-9-25)14-33(18)24-27-15-26-23(30-24)29-17-12-20(34(35)36)19(13-21(17)37-5)32(4)11-10-31(2)3/h6-7,12-13,15H,8-11,14H2,1-5H3,(H,26,27,29,30). The van der Waals surface area contributed by atoms with Crippen molar-refractivity contribution in [3.63, 3.8) is 0 Å². The molecule has 2 aliphatic rings. The van der Waals surface area contributed by atoms with E-state index in [1.54, 1.807) is 6.07 Å². The maximum absolute atomic E-state index is 12.0. The molecule has 0 amide bonds. The number of nitrogens with one attached hydrogen (secondary N) is 1. The normalized spacial score (nSPS) is 15.1. The minimum absolute atomic E-state index is 0.0376. The number of hydrogen-bond donors (Lipinski definition) is 1. The SMILES string of the molecule is COc1cc(N(C)CCN(C)C)c([N+](=O)[O-])cc1Nc1ncnc(N2CC3(CC3)c3nc(C)ccc32)n1. The Morgan fingerprint density at radius 2 is 1.95 bits per heavy atom. The van der Waals surface area contributed by atoms with Crippen molar-refractivity contribution >= 4 is 34.6 Å². The van der Waals surface area contributed by atoms with Gasteiger partial charge < -0.3 is 24.8 Å². The van der Waals surface area contributed by atoms with Crippen molar-refractivity contribution in [1.82, 2.24) is 24.8 Å². The molecule has 3 aromatic rings. The highest BCUT2D eigenvalue weighted by Crippen LogP contribution is 2.56. The van der Waals surface area contributed by atoms with Gasteiger partial charge in [-0.1, -0.05) is 0 Å². The number of pyridine rings is 1. The number of benzene rings is 1. The number of hydrogen-bond acceptors (Lipinski definition) is 11. The lowest BCUT2D eigenvalue weighted by Crippen LogP contribution is -2.29. The number of aromatic nitrogens is 4. The fourth-order valence-corrected chi connectivity index (χ4v) is 4.69. The third kappa shape index (κ3) is 4.71. The van der Waals surface area contributed by atoms with Crippen molar-refractivity contribution < 1.29 is 9.66 Å². The first-order valence-corrected chi connectivity index (χ1v) is 12.1. The lowest BCUT2D eigenvalue weighted by molar-refractivity contribution is -0.384. The summed E-state index contributed by atoms with van der Waals surface area (Å²) in [6.07, 6.45) is 3.63. The average molecular weight is 506 g/mol. The molecule has 194 valence electrons. The van der Waals surface area contributed by atoms with E-state index in [4.69, 9.17) is 9.72 Å². The highest BCUT2D eigenvalue weighted by molar-refractivity contribution is 5.77. The van der Waals surface area contributed by atoms with E-state index in [1.807, 2.05) is 43.9 Å². The van der Waals surface area contributed by atoms with Gasteiger partial charge in [0, 0.05) is 49.9 Å². The average Bonchev–Trinajstić information content (AvgIpc) is 3.59. The van der Waals surface area contributed by atoms with Gasteiger partial charge in [-0.25, -0.2) is 9.97 Å². The summed E-state index contributed by atoms with van der Waals surface area (Å²) in [6.45, 7) is 4.14. The van der Waals surface area contributed by atoms with Crippen LogP contribution in [0.2, 0.25) is 0 Å². The number of methoxy groups -OCH3 is 1. The van der Waals surface area contributed by atoms with Crippen molar-refractivity contribution in [2.24, 2.45) is 0 Å². The smallest absolute Gasteiger partial charge is 0.294 e. The van der Waals surface area contributed by atoms with E-state index >= 15 is 0 Å². The number of aryl methyl sites for hydroxylation is 1. The number of nitro groups is 1. The Morgan fingerprint density at radius 3 is 2.62 bits per heavy atom. The Labute approximate surface area is 215 Å². The Hall–Kier alpha value is -4.06. The summed E-state index contributed by atoms with van der Waals surface area (Å²) >= 11 is 0. The molecule has 12 nitrogen and oxygen atoms in total. The molecule has 1 spiro atoms. The molecule has 2 aromatic heterocycles. The number of rotatable bonds is 9. The van der Waals surface area contributed by atoms with Crippen molar-refractivity contribution in [3.05, 3.63) is 52.1 Å². The van der Waals surface area contributed by atoms with E-state index in [2.05, 4.69) is 31.2 Å². The summed E-state index contributed by atoms with van der Waals surface area (Å²) in [4.78, 5) is 35.7. The number of ether oxygens (including phenoxy) is 1. The maximum Gasteiger partial charge on any atom is 0.294 e. The van der Waals surface area contributed by atoms with Crippen LogP contribution in [0.15, 0.2) is 30.6 Å². The Bertz CT molecular complexity index is 1340. The second kappa shape index (κ2) is 9.43. The largest absolute Gasteiger partial charge is 0.494 e. The molecule has 1 saturated carbocycles. The first-order chi connectivity index (χ1) is 17.7. The summed E-state index contributed by atoms with van der Waals surface area (Å²) in [6, 6.07) is 7.19. The van der Waals surface area contributed by atoms with Gasteiger partial charge in [-0.2, -0.15) is 4.98 Å². The van der Waals surface area contributed by atoms with Gasteiger partial charge in [0.25, 0.3) is 5.69 Å². The first-order valence-electron chi connectivity index (χ1n) is 12.1. The van der Waals surface area contributed by atoms with Crippen LogP contribution in [0, 0.1) is 17.0 Å². The summed E-state index contributed by atoms with van der Waals surface area (Å²) in [5.74, 6) is 1.22. The minimum atomic E-state index is -0.393. The minimum Gasteiger partial charge on any atom is -0.494 e. The van der Waals surface area contributed by atoms with E-state index < -0.39 is 4.92 Å². The van der Waals surface area contributed by atoms with Crippen molar-refractivity contribution in [1.29, 1.82) is 0 Å². The van der Waals surface area contributed by atoms with Crippen LogP contribution < -0.4 is 19.9 Å². The van der Waals surface area contributed by atoms with Gasteiger partial charge in [0.05, 0.1) is 29.1 Å². The van der Waals surface area contributed by atoms with E-state index in [-0.39, 0.29) is 17.1 Å². The molecule has 5 rings (SSSR count). The van der Waals surface area contributed by atoms with Gasteiger partial charge in [-0.05, 0) is 46.0 Å². The van der Waals surface area contributed by atoms with Crippen molar-refractivity contribution in [2.75, 3.05) is 63.0 Å². The van der Waals surface area contributed by atoms with E-state index in [9.17, 15) is 10.1 Å². The van der Waals surface area contributed by atoms with Crippen LogP contribution in [0.3, 0.4) is 0 Å². The number of anilines is 5. The van der Waals surface area contributed by atoms with E-state index in [0.29, 0.717) is 29.6 Å². The second-order valence-electron chi connectivity index (χ2n) is 9.94. The molecule has 0 saturated heterocycles. The fourth-order valence-electron chi connectivity index (χ4n) is 4.69. The van der Waals surface area contributed by atoms with Crippen molar-refractivity contribution in [2.45, 2.75) is 25.2 Å². The molecule has 1 aliphatic carbocycles. The second-order valence-corrected chi connectivity index (χ2v) is 9.94. The van der Waals surface area contributed by atoms with Gasteiger partial charge in [0.15, 0.2) is 0 Å². The van der Waals surface area contributed by atoms with Gasteiger partial charge >= 0.3 is 0 Å². The Morgan fingerprint density at radius 1 is 1.16 bits per heavy atom. The van der Waals surface area contributed by atoms with Crippen LogP contribution >= 0.6 is 0 Å². The monoisotopic (exact) mass is 505 g/mol. The molecule has 1 fully saturated rings. The summed E-state index contributed by atoms with van der Waals surface area (Å²) in [7, 11) is 7.27. The molecule has 0 unspecified atom stereocenters. The topological polar surface area (TPSA) is 126 Å². The quantitative estimate of drug-likeness (QED) is 0.339. The third-order valence-electron chi connectivity index (χ3n) is 6.95. The molecule has 0 radical (unpaired) electrons. The fraction of sp³-hybridized carbons (Fsp3) is 0.440. The zero-order valence-electron chi connectivity index (χ0n) is 21.7. The zero-order chi connectivity index (χ0) is 26.3. The number of fused-ring (bicyclic) bond motifs is 2. The van der Waals surface area contributed by atoms with Crippen LogP contribution in [0.1, 0.15) is 24.2 Å². The van der Waals surface area contributed by atoms with Crippen LogP contribution in [-0.4, -0.2) is 77.6 Å². The molecule has 3 heterocycles. The number of nitrogens with zero attached hydrogens (tertiary/aromatic N) is 8.